The number of alkyl halides is 2. The van der Waals surface area contributed by atoms with Gasteiger partial charge >= 0.3 is 0 Å². The molecule has 0 amide bonds. The highest BCUT2D eigenvalue weighted by atomic mass is 19.3. The molecule has 0 bridgehead atoms. The summed E-state index contributed by atoms with van der Waals surface area (Å²) in [5, 5.41) is 15.0. The normalized spacial score (nSPS) is 12.9. The molecule has 0 fully saturated rings. The summed E-state index contributed by atoms with van der Waals surface area (Å²) in [6.07, 6.45) is -2.95. The summed E-state index contributed by atoms with van der Waals surface area (Å²) in [4.78, 5) is 19.2. The van der Waals surface area contributed by atoms with Gasteiger partial charge in [0.25, 0.3) is 12.1 Å². The Bertz CT molecular complexity index is 1030. The Morgan fingerprint density at radius 3 is 2.62 bits per heavy atom. The quantitative estimate of drug-likeness (QED) is 0.514. The Hall–Kier alpha value is -3.16. The lowest BCUT2D eigenvalue weighted by Crippen LogP contribution is -2.12. The lowest BCUT2D eigenvalue weighted by atomic mass is 10.0. The van der Waals surface area contributed by atoms with Crippen molar-refractivity contribution in [3.05, 3.63) is 69.5 Å². The summed E-state index contributed by atoms with van der Waals surface area (Å²) in [5.74, 6) is 0.863. The summed E-state index contributed by atoms with van der Waals surface area (Å²) in [6, 6.07) is 8.30. The Morgan fingerprint density at radius 1 is 1.19 bits per heavy atom. The summed E-state index contributed by atoms with van der Waals surface area (Å²) in [6.45, 7) is 3.33. The molecule has 0 aliphatic heterocycles. The van der Waals surface area contributed by atoms with Crippen molar-refractivity contribution in [3.8, 4) is 0 Å². The van der Waals surface area contributed by atoms with Crippen LogP contribution in [0.5, 0.6) is 0 Å². The van der Waals surface area contributed by atoms with E-state index in [4.69, 9.17) is 1.37 Å². The van der Waals surface area contributed by atoms with Crippen molar-refractivity contribution in [3.63, 3.8) is 0 Å². The molecule has 0 saturated heterocycles. The number of anilines is 1. The molecular weight excluding hydrogens is 342 g/mol. The van der Waals surface area contributed by atoms with Crippen LogP contribution >= 0.6 is 0 Å². The molecule has 3 rings (SSSR count). The van der Waals surface area contributed by atoms with Crippen LogP contribution in [0.3, 0.4) is 0 Å². The third-order valence-electron chi connectivity index (χ3n) is 3.99. The number of nitro groups is 1. The number of rotatable bonds is 5. The number of nitrogens with zero attached hydrogens (tertiary/aromatic N) is 3. The van der Waals surface area contributed by atoms with Gasteiger partial charge in [-0.05, 0) is 32.0 Å². The Balaban J connectivity index is 2.08. The molecule has 1 aromatic heterocycles. The minimum Gasteiger partial charge on any atom is -0.363 e. The van der Waals surface area contributed by atoms with Crippen LogP contribution in [-0.2, 0) is 0 Å². The van der Waals surface area contributed by atoms with E-state index in [1.807, 2.05) is 0 Å². The van der Waals surface area contributed by atoms with Gasteiger partial charge in [0, 0.05) is 5.39 Å². The van der Waals surface area contributed by atoms with Crippen LogP contribution in [0.25, 0.3) is 10.9 Å². The summed E-state index contributed by atoms with van der Waals surface area (Å²) in [7, 11) is 0. The SMILES string of the molecule is [2H]c1ccc2nc(C)nc(NC(C)c3cccc(C(F)F)c3[N+](=O)[O-])c2c1. The fraction of sp³-hybridized carbons (Fsp3) is 0.222. The maximum absolute atomic E-state index is 13.2. The summed E-state index contributed by atoms with van der Waals surface area (Å²) >= 11 is 0. The Morgan fingerprint density at radius 2 is 1.92 bits per heavy atom. The summed E-state index contributed by atoms with van der Waals surface area (Å²) in [5.41, 5.74) is -0.486. The highest BCUT2D eigenvalue weighted by Crippen LogP contribution is 2.36. The molecule has 3 aromatic rings. The van der Waals surface area contributed by atoms with Gasteiger partial charge in [-0.2, -0.15) is 0 Å². The maximum Gasteiger partial charge on any atom is 0.283 e. The first-order chi connectivity index (χ1) is 12.8. The van der Waals surface area contributed by atoms with Crippen molar-refractivity contribution < 1.29 is 15.1 Å². The van der Waals surface area contributed by atoms with E-state index in [0.29, 0.717) is 22.5 Å². The maximum atomic E-state index is 13.2. The average molecular weight is 359 g/mol. The van der Waals surface area contributed by atoms with E-state index in [0.717, 1.165) is 6.07 Å². The monoisotopic (exact) mass is 359 g/mol. The van der Waals surface area contributed by atoms with Crippen molar-refractivity contribution in [2.45, 2.75) is 26.3 Å². The minimum absolute atomic E-state index is 0.129. The van der Waals surface area contributed by atoms with Gasteiger partial charge < -0.3 is 5.32 Å². The molecular formula is C18H16F2N4O2. The number of nitrogens with one attached hydrogen (secondary N) is 1. The molecule has 26 heavy (non-hydrogen) atoms. The van der Waals surface area contributed by atoms with E-state index in [-0.39, 0.29) is 11.6 Å². The molecule has 0 radical (unpaired) electrons. The van der Waals surface area contributed by atoms with Crippen LogP contribution in [-0.4, -0.2) is 14.9 Å². The van der Waals surface area contributed by atoms with Gasteiger partial charge in [-0.15, -0.1) is 0 Å². The Labute approximate surface area is 149 Å². The van der Waals surface area contributed by atoms with Gasteiger partial charge in [0.1, 0.15) is 11.6 Å². The molecule has 0 aliphatic rings. The molecule has 1 N–H and O–H groups in total. The van der Waals surface area contributed by atoms with E-state index < -0.39 is 28.6 Å². The third kappa shape index (κ3) is 3.30. The number of aryl methyl sites for hydroxylation is 1. The first kappa shape index (κ1) is 16.3. The first-order valence-electron chi connectivity index (χ1n) is 8.35. The van der Waals surface area contributed by atoms with Crippen LogP contribution in [0.15, 0.2) is 42.4 Å². The van der Waals surface area contributed by atoms with Gasteiger partial charge in [-0.1, -0.05) is 24.2 Å². The number of aromatic nitrogens is 2. The predicted octanol–water partition coefficient (Wildman–Crippen LogP) is 4.96. The number of benzene rings is 2. The van der Waals surface area contributed by atoms with Crippen molar-refractivity contribution >= 4 is 22.4 Å². The van der Waals surface area contributed by atoms with Gasteiger partial charge in [0.05, 0.1) is 29.0 Å². The second-order valence-electron chi connectivity index (χ2n) is 5.77. The van der Waals surface area contributed by atoms with Crippen LogP contribution in [0.2, 0.25) is 0 Å². The van der Waals surface area contributed by atoms with Crippen LogP contribution in [0.4, 0.5) is 20.3 Å². The van der Waals surface area contributed by atoms with Crippen LogP contribution in [0, 0.1) is 17.0 Å². The van der Waals surface area contributed by atoms with Crippen molar-refractivity contribution in [1.82, 2.24) is 9.97 Å². The molecule has 1 atom stereocenters. The zero-order chi connectivity index (χ0) is 19.7. The van der Waals surface area contributed by atoms with Gasteiger partial charge in [0.2, 0.25) is 0 Å². The Kier molecular flexibility index (Phi) is 4.39. The van der Waals surface area contributed by atoms with Gasteiger partial charge in [-0.25, -0.2) is 18.7 Å². The average Bonchev–Trinajstić information content (AvgIpc) is 2.61. The van der Waals surface area contributed by atoms with Crippen LogP contribution in [0.1, 0.15) is 37.7 Å². The fourth-order valence-corrected chi connectivity index (χ4v) is 2.84. The fourth-order valence-electron chi connectivity index (χ4n) is 2.84. The van der Waals surface area contributed by atoms with Crippen molar-refractivity contribution in [2.24, 2.45) is 0 Å². The zero-order valence-electron chi connectivity index (χ0n) is 15.0. The number of fused-ring (bicyclic) bond motifs is 1. The highest BCUT2D eigenvalue weighted by Gasteiger charge is 2.28. The first-order valence-corrected chi connectivity index (χ1v) is 7.85. The van der Waals surface area contributed by atoms with Crippen molar-refractivity contribution in [1.29, 1.82) is 0 Å². The number of nitro benzene ring substituents is 1. The topological polar surface area (TPSA) is 81.0 Å². The van der Waals surface area contributed by atoms with Crippen molar-refractivity contribution in [2.75, 3.05) is 5.32 Å². The molecule has 6 nitrogen and oxygen atoms in total. The number of hydrogen-bond acceptors (Lipinski definition) is 5. The molecule has 8 heteroatoms. The second kappa shape index (κ2) is 6.99. The molecule has 1 unspecified atom stereocenters. The van der Waals surface area contributed by atoms with Gasteiger partial charge in [0.15, 0.2) is 0 Å². The van der Waals surface area contributed by atoms with Crippen LogP contribution < -0.4 is 5.32 Å². The lowest BCUT2D eigenvalue weighted by molar-refractivity contribution is -0.387. The smallest absolute Gasteiger partial charge is 0.283 e. The van der Waals surface area contributed by atoms with E-state index in [9.17, 15) is 18.9 Å². The molecule has 0 spiro atoms. The zero-order valence-corrected chi connectivity index (χ0v) is 14.0. The second-order valence-corrected chi connectivity index (χ2v) is 5.77. The molecule has 0 saturated carbocycles. The molecule has 0 aliphatic carbocycles. The number of halogens is 2. The predicted molar refractivity (Wildman–Crippen MR) is 94.4 cm³/mol. The highest BCUT2D eigenvalue weighted by molar-refractivity contribution is 5.89. The lowest BCUT2D eigenvalue weighted by Gasteiger charge is -2.18. The standard InChI is InChI=1S/C18H16F2N4O2/c1-10(12-7-5-8-14(17(19)20)16(12)24(25)26)21-18-13-6-3-4-9-15(13)22-11(2)23-18/h3-10,17H,1-2H3,(H,21,22,23)/i3D. The minimum atomic E-state index is -2.95. The van der Waals surface area contributed by atoms with Gasteiger partial charge in [-0.3, -0.25) is 10.1 Å². The number of hydrogen-bond donors (Lipinski definition) is 1. The molecule has 134 valence electrons. The number of para-hydroxylation sites is 2. The summed E-state index contributed by atoms with van der Waals surface area (Å²) < 4.78 is 34.2. The van der Waals surface area contributed by atoms with E-state index in [1.165, 1.54) is 12.1 Å². The largest absolute Gasteiger partial charge is 0.363 e. The van der Waals surface area contributed by atoms with E-state index >= 15 is 0 Å². The molecule has 1 heterocycles. The molecule has 2 aromatic carbocycles. The third-order valence-corrected chi connectivity index (χ3v) is 3.99. The van der Waals surface area contributed by atoms with E-state index in [2.05, 4.69) is 15.3 Å². The van der Waals surface area contributed by atoms with E-state index in [1.54, 1.807) is 32.0 Å².